The van der Waals surface area contributed by atoms with Gasteiger partial charge in [0, 0.05) is 19.7 Å². The predicted octanol–water partition coefficient (Wildman–Crippen LogP) is 0.492. The molecule has 0 saturated carbocycles. The van der Waals surface area contributed by atoms with Crippen molar-refractivity contribution in [2.24, 2.45) is 7.05 Å². The van der Waals surface area contributed by atoms with E-state index in [1.54, 1.807) is 0 Å². The van der Waals surface area contributed by atoms with Crippen LogP contribution in [0.25, 0.3) is 0 Å². The van der Waals surface area contributed by atoms with E-state index in [9.17, 15) is 0 Å². The van der Waals surface area contributed by atoms with Crippen LogP contribution < -0.4 is 5.32 Å². The number of aryl methyl sites for hydroxylation is 1. The summed E-state index contributed by atoms with van der Waals surface area (Å²) in [6.07, 6.45) is 0. The normalized spacial score (nSPS) is 15.1. The third kappa shape index (κ3) is 0.826. The molecule has 0 spiro atoms. The van der Waals surface area contributed by atoms with Crippen molar-refractivity contribution in [1.29, 1.82) is 0 Å². The Balaban J connectivity index is 2.52. The van der Waals surface area contributed by atoms with Crippen molar-refractivity contribution in [2.75, 3.05) is 12.4 Å². The van der Waals surface area contributed by atoms with Gasteiger partial charge in [-0.25, -0.2) is 0 Å². The molecule has 0 aromatic carbocycles. The van der Waals surface area contributed by atoms with Gasteiger partial charge in [0.05, 0.1) is 18.9 Å². The second-order valence-corrected chi connectivity index (χ2v) is 2.64. The zero-order valence-corrected chi connectivity index (χ0v) is 6.72. The molecule has 0 aliphatic carbocycles. The van der Waals surface area contributed by atoms with Crippen LogP contribution in [-0.4, -0.2) is 16.8 Å². The van der Waals surface area contributed by atoms with Crippen LogP contribution in [-0.2, 0) is 25.0 Å². The largest absolute Gasteiger partial charge is 0.373 e. The molecular weight excluding hydrogens is 142 g/mol. The number of anilines is 1. The lowest BCUT2D eigenvalue weighted by atomic mass is 10.3. The van der Waals surface area contributed by atoms with Gasteiger partial charge in [-0.05, 0) is 0 Å². The van der Waals surface area contributed by atoms with E-state index >= 15 is 0 Å². The van der Waals surface area contributed by atoms with Crippen molar-refractivity contribution in [3.05, 3.63) is 11.3 Å². The molecule has 1 aromatic heterocycles. The maximum atomic E-state index is 5.24. The molecule has 2 heterocycles. The molecule has 4 nitrogen and oxygen atoms in total. The zero-order chi connectivity index (χ0) is 7.84. The summed E-state index contributed by atoms with van der Waals surface area (Å²) in [6.45, 7) is 1.35. The summed E-state index contributed by atoms with van der Waals surface area (Å²) in [5.74, 6) is 1.07. The molecule has 1 aromatic rings. The maximum absolute atomic E-state index is 5.24. The molecule has 0 saturated heterocycles. The van der Waals surface area contributed by atoms with Crippen LogP contribution >= 0.6 is 0 Å². The Morgan fingerprint density at radius 3 is 3.09 bits per heavy atom. The average molecular weight is 153 g/mol. The van der Waals surface area contributed by atoms with E-state index in [1.807, 2.05) is 18.8 Å². The molecule has 0 radical (unpaired) electrons. The Bertz CT molecular complexity index is 279. The van der Waals surface area contributed by atoms with Gasteiger partial charge in [0.1, 0.15) is 5.82 Å². The van der Waals surface area contributed by atoms with Crippen molar-refractivity contribution >= 4 is 5.82 Å². The number of nitrogens with one attached hydrogen (secondary N) is 1. The van der Waals surface area contributed by atoms with Gasteiger partial charge in [-0.1, -0.05) is 0 Å². The van der Waals surface area contributed by atoms with Crippen LogP contribution in [0.15, 0.2) is 0 Å². The van der Waals surface area contributed by atoms with Crippen LogP contribution in [0.4, 0.5) is 5.82 Å². The quantitative estimate of drug-likeness (QED) is 0.638. The molecule has 2 rings (SSSR count). The molecule has 0 atom stereocenters. The van der Waals surface area contributed by atoms with Gasteiger partial charge in [0.15, 0.2) is 0 Å². The van der Waals surface area contributed by atoms with Crippen molar-refractivity contribution in [3.63, 3.8) is 0 Å². The number of hydrogen-bond acceptors (Lipinski definition) is 3. The van der Waals surface area contributed by atoms with Gasteiger partial charge in [-0.15, -0.1) is 0 Å². The molecule has 1 aliphatic heterocycles. The summed E-state index contributed by atoms with van der Waals surface area (Å²) in [6, 6.07) is 0. The molecule has 0 bridgehead atoms. The van der Waals surface area contributed by atoms with E-state index in [0.717, 1.165) is 11.5 Å². The number of fused-ring (bicyclic) bond motifs is 1. The van der Waals surface area contributed by atoms with E-state index in [0.29, 0.717) is 13.2 Å². The van der Waals surface area contributed by atoms with Crippen molar-refractivity contribution in [3.8, 4) is 0 Å². The van der Waals surface area contributed by atoms with Gasteiger partial charge in [0.25, 0.3) is 0 Å². The first-order valence-electron chi connectivity index (χ1n) is 3.63. The summed E-state index contributed by atoms with van der Waals surface area (Å²) >= 11 is 0. The third-order valence-corrected chi connectivity index (χ3v) is 1.95. The molecule has 0 fully saturated rings. The Morgan fingerprint density at radius 2 is 2.36 bits per heavy atom. The molecule has 11 heavy (non-hydrogen) atoms. The summed E-state index contributed by atoms with van der Waals surface area (Å²) in [5, 5.41) is 7.39. The van der Waals surface area contributed by atoms with E-state index in [1.165, 1.54) is 5.56 Å². The van der Waals surface area contributed by atoms with Gasteiger partial charge in [-0.3, -0.25) is 4.68 Å². The molecule has 1 N–H and O–H groups in total. The topological polar surface area (TPSA) is 39.1 Å². The number of aromatic nitrogens is 2. The highest BCUT2D eigenvalue weighted by molar-refractivity contribution is 5.47. The summed E-state index contributed by atoms with van der Waals surface area (Å²) < 4.78 is 7.09. The van der Waals surface area contributed by atoms with Crippen LogP contribution in [0.3, 0.4) is 0 Å². The summed E-state index contributed by atoms with van der Waals surface area (Å²) in [4.78, 5) is 0. The monoisotopic (exact) mass is 153 g/mol. The fourth-order valence-corrected chi connectivity index (χ4v) is 1.45. The SMILES string of the molecule is CNc1c2c(nn1C)COC2. The molecule has 60 valence electrons. The molecule has 0 amide bonds. The van der Waals surface area contributed by atoms with Crippen LogP contribution in [0, 0.1) is 0 Å². The van der Waals surface area contributed by atoms with E-state index in [2.05, 4.69) is 10.4 Å². The van der Waals surface area contributed by atoms with Crippen LogP contribution in [0.5, 0.6) is 0 Å². The number of hydrogen-bond donors (Lipinski definition) is 1. The first-order chi connectivity index (χ1) is 5.33. The smallest absolute Gasteiger partial charge is 0.129 e. The van der Waals surface area contributed by atoms with E-state index < -0.39 is 0 Å². The lowest BCUT2D eigenvalue weighted by molar-refractivity contribution is 0.131. The number of nitrogens with zero attached hydrogens (tertiary/aromatic N) is 2. The predicted molar refractivity (Wildman–Crippen MR) is 41.2 cm³/mol. The number of ether oxygens (including phenoxy) is 1. The van der Waals surface area contributed by atoms with Crippen molar-refractivity contribution < 1.29 is 4.74 Å². The summed E-state index contributed by atoms with van der Waals surface area (Å²) in [5.41, 5.74) is 2.27. The second kappa shape index (κ2) is 2.23. The minimum Gasteiger partial charge on any atom is -0.373 e. The first-order valence-corrected chi connectivity index (χ1v) is 3.63. The molecular formula is C7H11N3O. The van der Waals surface area contributed by atoms with Crippen LogP contribution in [0.2, 0.25) is 0 Å². The maximum Gasteiger partial charge on any atom is 0.129 e. The molecule has 4 heteroatoms. The minimum absolute atomic E-state index is 0.658. The van der Waals surface area contributed by atoms with Crippen LogP contribution in [0.1, 0.15) is 11.3 Å². The standard InChI is InChI=1S/C7H11N3O/c1-8-7-5-3-11-4-6(5)9-10(7)2/h8H,3-4H2,1-2H3. The van der Waals surface area contributed by atoms with E-state index in [4.69, 9.17) is 4.74 Å². The average Bonchev–Trinajstić information content (AvgIpc) is 2.46. The zero-order valence-electron chi connectivity index (χ0n) is 6.72. The number of rotatable bonds is 1. The first kappa shape index (κ1) is 6.67. The fraction of sp³-hybridized carbons (Fsp3) is 0.571. The van der Waals surface area contributed by atoms with Gasteiger partial charge >= 0.3 is 0 Å². The molecule has 0 unspecified atom stereocenters. The Labute approximate surface area is 65.2 Å². The van der Waals surface area contributed by atoms with Gasteiger partial charge < -0.3 is 10.1 Å². The highest BCUT2D eigenvalue weighted by Gasteiger charge is 2.20. The Morgan fingerprint density at radius 1 is 1.55 bits per heavy atom. The molecule has 1 aliphatic rings. The lowest BCUT2D eigenvalue weighted by Gasteiger charge is -2.01. The minimum atomic E-state index is 0.658. The second-order valence-electron chi connectivity index (χ2n) is 2.64. The summed E-state index contributed by atoms with van der Waals surface area (Å²) in [7, 11) is 3.83. The van der Waals surface area contributed by atoms with Crippen molar-refractivity contribution in [2.45, 2.75) is 13.2 Å². The van der Waals surface area contributed by atoms with Gasteiger partial charge in [-0.2, -0.15) is 5.10 Å². The highest BCUT2D eigenvalue weighted by atomic mass is 16.5. The van der Waals surface area contributed by atoms with Gasteiger partial charge in [0.2, 0.25) is 0 Å². The lowest BCUT2D eigenvalue weighted by Crippen LogP contribution is -2.01. The Kier molecular flexibility index (Phi) is 1.35. The highest BCUT2D eigenvalue weighted by Crippen LogP contribution is 2.25. The van der Waals surface area contributed by atoms with E-state index in [-0.39, 0.29) is 0 Å². The Hall–Kier alpha value is -1.03. The third-order valence-electron chi connectivity index (χ3n) is 1.95. The fourth-order valence-electron chi connectivity index (χ4n) is 1.45. The van der Waals surface area contributed by atoms with Crippen molar-refractivity contribution in [1.82, 2.24) is 9.78 Å².